The summed E-state index contributed by atoms with van der Waals surface area (Å²) in [5.74, 6) is 0.919. The van der Waals surface area contributed by atoms with Crippen molar-refractivity contribution in [3.8, 4) is 17.1 Å². The van der Waals surface area contributed by atoms with Crippen LogP contribution in [0.2, 0.25) is 10.0 Å². The molecule has 25 heavy (non-hydrogen) atoms. The predicted molar refractivity (Wildman–Crippen MR) is 96.4 cm³/mol. The molecule has 0 fully saturated rings. The van der Waals surface area contributed by atoms with E-state index in [2.05, 4.69) is 26.1 Å². The van der Waals surface area contributed by atoms with Crippen molar-refractivity contribution in [1.82, 2.24) is 10.1 Å². The largest absolute Gasteiger partial charge is 0.379 e. The van der Waals surface area contributed by atoms with Gasteiger partial charge in [0.1, 0.15) is 10.6 Å². The molecule has 0 amide bonds. The Morgan fingerprint density at radius 3 is 2.24 bits per heavy atom. The normalized spacial score (nSPS) is 11.5. The second-order valence-electron chi connectivity index (χ2n) is 4.90. The minimum absolute atomic E-state index is 0.0433. The van der Waals surface area contributed by atoms with Gasteiger partial charge in [0, 0.05) is 17.0 Å². The molecule has 3 aromatic rings. The molecule has 0 N–H and O–H groups in total. The van der Waals surface area contributed by atoms with E-state index < -0.39 is 10.1 Å². The van der Waals surface area contributed by atoms with Crippen molar-refractivity contribution in [3.05, 3.63) is 56.8 Å². The first kappa shape index (κ1) is 18.2. The van der Waals surface area contributed by atoms with Crippen molar-refractivity contribution in [2.75, 3.05) is 0 Å². The van der Waals surface area contributed by atoms with E-state index in [1.54, 1.807) is 19.1 Å². The summed E-state index contributed by atoms with van der Waals surface area (Å²) in [4.78, 5) is 3.79. The molecule has 0 saturated carbocycles. The lowest BCUT2D eigenvalue weighted by molar-refractivity contribution is 0.394. The summed E-state index contributed by atoms with van der Waals surface area (Å²) in [6, 6.07) is 9.01. The smallest absolute Gasteiger partial charge is 0.342 e. The second kappa shape index (κ2) is 6.95. The number of nitrogens with zero attached hydrogens (tertiary/aromatic N) is 2. The van der Waals surface area contributed by atoms with Crippen LogP contribution in [-0.4, -0.2) is 18.6 Å². The standard InChI is InChI=1S/C15H9BrCl2N2O4S/c1-8-19-15(20-23-8)9-2-4-11(5-3-9)24-25(21,22)14-12(17)6-10(16)7-13(14)18/h2-7H,1H3. The molecule has 6 nitrogen and oxygen atoms in total. The van der Waals surface area contributed by atoms with Crippen LogP contribution in [0, 0.1) is 6.92 Å². The Kier molecular flexibility index (Phi) is 5.06. The van der Waals surface area contributed by atoms with Crippen LogP contribution in [0.4, 0.5) is 0 Å². The topological polar surface area (TPSA) is 82.3 Å². The molecule has 0 bridgehead atoms. The molecule has 0 aliphatic heterocycles. The highest BCUT2D eigenvalue weighted by Crippen LogP contribution is 2.34. The molecule has 0 aliphatic carbocycles. The monoisotopic (exact) mass is 462 g/mol. The SMILES string of the molecule is Cc1nc(-c2ccc(OS(=O)(=O)c3c(Cl)cc(Br)cc3Cl)cc2)no1. The third-order valence-electron chi connectivity index (χ3n) is 3.06. The zero-order chi connectivity index (χ0) is 18.2. The highest BCUT2D eigenvalue weighted by molar-refractivity contribution is 9.10. The first-order valence-corrected chi connectivity index (χ1v) is 9.72. The van der Waals surface area contributed by atoms with Crippen LogP contribution < -0.4 is 4.18 Å². The molecular weight excluding hydrogens is 455 g/mol. The van der Waals surface area contributed by atoms with Crippen molar-refractivity contribution >= 4 is 49.2 Å². The molecule has 1 aromatic heterocycles. The number of aromatic nitrogens is 2. The summed E-state index contributed by atoms with van der Waals surface area (Å²) in [6.07, 6.45) is 0. The minimum Gasteiger partial charge on any atom is -0.379 e. The summed E-state index contributed by atoms with van der Waals surface area (Å²) in [6.45, 7) is 1.67. The first-order chi connectivity index (χ1) is 11.8. The zero-order valence-electron chi connectivity index (χ0n) is 12.5. The van der Waals surface area contributed by atoms with Crippen molar-refractivity contribution < 1.29 is 17.1 Å². The Morgan fingerprint density at radius 1 is 1.12 bits per heavy atom. The van der Waals surface area contributed by atoms with Crippen molar-refractivity contribution in [2.24, 2.45) is 0 Å². The van der Waals surface area contributed by atoms with Gasteiger partial charge in [-0.1, -0.05) is 44.3 Å². The van der Waals surface area contributed by atoms with Crippen LogP contribution in [0.3, 0.4) is 0 Å². The molecule has 0 unspecified atom stereocenters. The summed E-state index contributed by atoms with van der Waals surface area (Å²) < 4.78 is 35.5. The third kappa shape index (κ3) is 3.98. The van der Waals surface area contributed by atoms with E-state index in [4.69, 9.17) is 31.9 Å². The van der Waals surface area contributed by atoms with Gasteiger partial charge in [-0.15, -0.1) is 0 Å². The fourth-order valence-electron chi connectivity index (χ4n) is 2.01. The van der Waals surface area contributed by atoms with E-state index in [0.717, 1.165) is 0 Å². The van der Waals surface area contributed by atoms with Gasteiger partial charge in [-0.25, -0.2) is 0 Å². The fourth-order valence-corrected chi connectivity index (χ4v) is 4.83. The number of halogens is 3. The molecule has 0 saturated heterocycles. The highest BCUT2D eigenvalue weighted by Gasteiger charge is 2.24. The van der Waals surface area contributed by atoms with Crippen LogP contribution in [0.25, 0.3) is 11.4 Å². The number of hydrogen-bond donors (Lipinski definition) is 0. The van der Waals surface area contributed by atoms with Crippen LogP contribution in [0.5, 0.6) is 5.75 Å². The van der Waals surface area contributed by atoms with Gasteiger partial charge in [-0.05, 0) is 36.4 Å². The van der Waals surface area contributed by atoms with E-state index >= 15 is 0 Å². The minimum atomic E-state index is -4.20. The van der Waals surface area contributed by atoms with Gasteiger partial charge in [0.25, 0.3) is 0 Å². The van der Waals surface area contributed by atoms with Gasteiger partial charge in [-0.3, -0.25) is 0 Å². The molecule has 0 radical (unpaired) electrons. The fraction of sp³-hybridized carbons (Fsp3) is 0.0667. The van der Waals surface area contributed by atoms with Crippen molar-refractivity contribution in [1.29, 1.82) is 0 Å². The van der Waals surface area contributed by atoms with E-state index in [9.17, 15) is 8.42 Å². The maximum absolute atomic E-state index is 12.5. The Hall–Kier alpha value is -1.61. The Labute approximate surface area is 162 Å². The molecule has 0 aliphatic rings. The van der Waals surface area contributed by atoms with Gasteiger partial charge >= 0.3 is 10.1 Å². The van der Waals surface area contributed by atoms with Gasteiger partial charge in [0.2, 0.25) is 11.7 Å². The molecule has 2 aromatic carbocycles. The summed E-state index contributed by atoms with van der Waals surface area (Å²) >= 11 is 15.2. The Bertz CT molecular complexity index is 1010. The predicted octanol–water partition coefficient (Wildman–Crippen LogP) is 4.88. The molecule has 130 valence electrons. The van der Waals surface area contributed by atoms with Gasteiger partial charge < -0.3 is 8.71 Å². The lowest BCUT2D eigenvalue weighted by Gasteiger charge is -2.10. The maximum atomic E-state index is 12.5. The number of rotatable bonds is 4. The highest BCUT2D eigenvalue weighted by atomic mass is 79.9. The molecule has 0 spiro atoms. The molecule has 0 atom stereocenters. The molecule has 3 rings (SSSR count). The van der Waals surface area contributed by atoms with E-state index in [-0.39, 0.29) is 20.7 Å². The van der Waals surface area contributed by atoms with Crippen LogP contribution >= 0.6 is 39.1 Å². The Balaban J connectivity index is 1.89. The van der Waals surface area contributed by atoms with Gasteiger partial charge in [0.05, 0.1) is 10.0 Å². The number of aryl methyl sites for hydroxylation is 1. The zero-order valence-corrected chi connectivity index (χ0v) is 16.4. The van der Waals surface area contributed by atoms with E-state index in [0.29, 0.717) is 21.8 Å². The molecule has 10 heteroatoms. The summed E-state index contributed by atoms with van der Waals surface area (Å²) in [7, 11) is -4.20. The van der Waals surface area contributed by atoms with E-state index in [1.807, 2.05) is 0 Å². The van der Waals surface area contributed by atoms with Crippen LogP contribution in [0.15, 0.2) is 50.3 Å². The van der Waals surface area contributed by atoms with Crippen molar-refractivity contribution in [3.63, 3.8) is 0 Å². The van der Waals surface area contributed by atoms with Crippen molar-refractivity contribution in [2.45, 2.75) is 11.8 Å². The Morgan fingerprint density at radius 2 is 1.72 bits per heavy atom. The van der Waals surface area contributed by atoms with Gasteiger partial charge in [-0.2, -0.15) is 13.4 Å². The maximum Gasteiger partial charge on any atom is 0.342 e. The third-order valence-corrected chi connectivity index (χ3v) is 5.69. The summed E-state index contributed by atoms with van der Waals surface area (Å²) in [5, 5.41) is 3.70. The lowest BCUT2D eigenvalue weighted by Crippen LogP contribution is -2.11. The average Bonchev–Trinajstić information content (AvgIpc) is 2.92. The average molecular weight is 464 g/mol. The van der Waals surface area contributed by atoms with Crippen LogP contribution in [0.1, 0.15) is 5.89 Å². The van der Waals surface area contributed by atoms with Crippen LogP contribution in [-0.2, 0) is 10.1 Å². The summed E-state index contributed by atoms with van der Waals surface area (Å²) in [5.41, 5.74) is 0.654. The number of benzene rings is 2. The first-order valence-electron chi connectivity index (χ1n) is 6.76. The molecule has 1 heterocycles. The molecular formula is C15H9BrCl2N2O4S. The second-order valence-corrected chi connectivity index (χ2v) is 8.11. The lowest BCUT2D eigenvalue weighted by atomic mass is 10.2. The van der Waals surface area contributed by atoms with E-state index in [1.165, 1.54) is 24.3 Å². The van der Waals surface area contributed by atoms with Gasteiger partial charge in [0.15, 0.2) is 0 Å². The quantitative estimate of drug-likeness (QED) is 0.512. The number of hydrogen-bond acceptors (Lipinski definition) is 6.